The average Bonchev–Trinajstić information content (AvgIpc) is 3.16. The largest absolute Gasteiger partial charge is 0.491 e. The SMILES string of the molecule is Cc1ccc(OC[C@@]2(O)CCN(C(=O)CCc3c(C)noc3C)C2)cc1. The highest BCUT2D eigenvalue weighted by atomic mass is 16.5. The molecule has 6 nitrogen and oxygen atoms in total. The zero-order valence-electron chi connectivity index (χ0n) is 15.6. The summed E-state index contributed by atoms with van der Waals surface area (Å²) in [5, 5.41) is 14.6. The van der Waals surface area contributed by atoms with Gasteiger partial charge >= 0.3 is 0 Å². The summed E-state index contributed by atoms with van der Waals surface area (Å²) in [5.41, 5.74) is 1.99. The molecule has 3 rings (SSSR count). The van der Waals surface area contributed by atoms with Crippen LogP contribution < -0.4 is 4.74 Å². The first kappa shape index (κ1) is 18.5. The predicted molar refractivity (Wildman–Crippen MR) is 97.1 cm³/mol. The fourth-order valence-electron chi connectivity index (χ4n) is 3.29. The third kappa shape index (κ3) is 4.25. The first-order valence-corrected chi connectivity index (χ1v) is 8.98. The van der Waals surface area contributed by atoms with Crippen molar-refractivity contribution in [2.75, 3.05) is 19.7 Å². The first-order valence-electron chi connectivity index (χ1n) is 8.98. The second-order valence-corrected chi connectivity index (χ2v) is 7.19. The Morgan fingerprint density at radius 3 is 2.69 bits per heavy atom. The minimum absolute atomic E-state index is 0.0382. The molecule has 1 N–H and O–H groups in total. The molecule has 1 saturated heterocycles. The Bertz CT molecular complexity index is 749. The lowest BCUT2D eigenvalue weighted by Gasteiger charge is -2.23. The highest BCUT2D eigenvalue weighted by Gasteiger charge is 2.38. The van der Waals surface area contributed by atoms with Crippen LogP contribution in [0.15, 0.2) is 28.8 Å². The third-order valence-corrected chi connectivity index (χ3v) is 4.98. The van der Waals surface area contributed by atoms with E-state index in [1.807, 2.05) is 45.0 Å². The normalized spacial score (nSPS) is 19.8. The Labute approximate surface area is 153 Å². The molecular weight excluding hydrogens is 332 g/mol. The van der Waals surface area contributed by atoms with E-state index in [2.05, 4.69) is 5.16 Å². The van der Waals surface area contributed by atoms with Crippen LogP contribution >= 0.6 is 0 Å². The molecule has 1 atom stereocenters. The fourth-order valence-corrected chi connectivity index (χ4v) is 3.29. The molecule has 2 heterocycles. The van der Waals surface area contributed by atoms with Crippen molar-refractivity contribution in [3.05, 3.63) is 46.8 Å². The number of aryl methyl sites for hydroxylation is 3. The van der Waals surface area contributed by atoms with Crippen LogP contribution in [-0.2, 0) is 11.2 Å². The second-order valence-electron chi connectivity index (χ2n) is 7.19. The van der Waals surface area contributed by atoms with Crippen LogP contribution in [0.2, 0.25) is 0 Å². The van der Waals surface area contributed by atoms with Crippen molar-refractivity contribution >= 4 is 5.91 Å². The predicted octanol–water partition coefficient (Wildman–Crippen LogP) is 2.57. The van der Waals surface area contributed by atoms with Gasteiger partial charge in [-0.1, -0.05) is 22.9 Å². The molecule has 1 aliphatic heterocycles. The average molecular weight is 358 g/mol. The highest BCUT2D eigenvalue weighted by Crippen LogP contribution is 2.24. The van der Waals surface area contributed by atoms with E-state index < -0.39 is 5.60 Å². The van der Waals surface area contributed by atoms with E-state index in [0.29, 0.717) is 32.4 Å². The lowest BCUT2D eigenvalue weighted by atomic mass is 10.1. The van der Waals surface area contributed by atoms with Crippen LogP contribution in [0.1, 0.15) is 35.4 Å². The number of β-amino-alcohol motifs (C(OH)–C–C–N with tert-alkyl or cyclic N) is 1. The molecule has 0 radical (unpaired) electrons. The Balaban J connectivity index is 1.50. The molecule has 26 heavy (non-hydrogen) atoms. The van der Waals surface area contributed by atoms with E-state index in [9.17, 15) is 9.90 Å². The van der Waals surface area contributed by atoms with Crippen molar-refractivity contribution in [1.29, 1.82) is 0 Å². The minimum Gasteiger partial charge on any atom is -0.491 e. The van der Waals surface area contributed by atoms with Crippen LogP contribution in [0.4, 0.5) is 0 Å². The summed E-state index contributed by atoms with van der Waals surface area (Å²) in [4.78, 5) is 14.2. The van der Waals surface area contributed by atoms with Gasteiger partial charge in [0, 0.05) is 18.5 Å². The lowest BCUT2D eigenvalue weighted by molar-refractivity contribution is -0.131. The maximum atomic E-state index is 12.5. The molecular formula is C20H26N2O4. The Morgan fingerprint density at radius 2 is 2.04 bits per heavy atom. The summed E-state index contributed by atoms with van der Waals surface area (Å²) in [6, 6.07) is 7.72. The lowest BCUT2D eigenvalue weighted by Crippen LogP contribution is -2.40. The van der Waals surface area contributed by atoms with E-state index in [-0.39, 0.29) is 12.5 Å². The number of likely N-dealkylation sites (tertiary alicyclic amines) is 1. The molecule has 1 aromatic heterocycles. The maximum absolute atomic E-state index is 12.5. The van der Waals surface area contributed by atoms with E-state index in [4.69, 9.17) is 9.26 Å². The molecule has 0 unspecified atom stereocenters. The van der Waals surface area contributed by atoms with Crippen molar-refractivity contribution in [1.82, 2.24) is 10.1 Å². The molecule has 2 aromatic rings. The maximum Gasteiger partial charge on any atom is 0.223 e. The zero-order chi connectivity index (χ0) is 18.7. The molecule has 140 valence electrons. The van der Waals surface area contributed by atoms with Crippen LogP contribution in [-0.4, -0.2) is 46.4 Å². The Morgan fingerprint density at radius 1 is 1.31 bits per heavy atom. The van der Waals surface area contributed by atoms with Crippen LogP contribution in [0.25, 0.3) is 0 Å². The molecule has 0 saturated carbocycles. The van der Waals surface area contributed by atoms with E-state index >= 15 is 0 Å². The number of hydrogen-bond donors (Lipinski definition) is 1. The number of ether oxygens (including phenoxy) is 1. The number of aliphatic hydroxyl groups is 1. The van der Waals surface area contributed by atoms with E-state index in [1.165, 1.54) is 0 Å². The van der Waals surface area contributed by atoms with Gasteiger partial charge in [-0.05, 0) is 45.7 Å². The van der Waals surface area contributed by atoms with Crippen LogP contribution in [0, 0.1) is 20.8 Å². The van der Waals surface area contributed by atoms with Gasteiger partial charge in [-0.3, -0.25) is 4.79 Å². The standard InChI is InChI=1S/C20H26N2O4/c1-14-4-6-17(7-5-14)25-13-20(24)10-11-22(12-20)19(23)9-8-18-15(2)21-26-16(18)3/h4-7,24H,8-13H2,1-3H3/t20-/m1/s1. The van der Waals surface area contributed by atoms with Crippen molar-refractivity contribution in [2.24, 2.45) is 0 Å². The topological polar surface area (TPSA) is 75.8 Å². The van der Waals surface area contributed by atoms with Crippen LogP contribution in [0.5, 0.6) is 5.75 Å². The molecule has 0 aliphatic carbocycles. The van der Waals surface area contributed by atoms with Gasteiger partial charge in [0.15, 0.2) is 0 Å². The monoisotopic (exact) mass is 358 g/mol. The van der Waals surface area contributed by atoms with Crippen molar-refractivity contribution < 1.29 is 19.2 Å². The summed E-state index contributed by atoms with van der Waals surface area (Å²) in [7, 11) is 0. The fraction of sp³-hybridized carbons (Fsp3) is 0.500. The number of rotatable bonds is 6. The smallest absolute Gasteiger partial charge is 0.223 e. The van der Waals surface area contributed by atoms with Gasteiger partial charge in [-0.25, -0.2) is 0 Å². The quantitative estimate of drug-likeness (QED) is 0.859. The van der Waals surface area contributed by atoms with Crippen molar-refractivity contribution in [3.8, 4) is 5.75 Å². The van der Waals surface area contributed by atoms with Gasteiger partial charge in [0.25, 0.3) is 0 Å². The summed E-state index contributed by atoms with van der Waals surface area (Å²) in [6.45, 7) is 6.79. The van der Waals surface area contributed by atoms with Crippen molar-refractivity contribution in [2.45, 2.75) is 45.6 Å². The summed E-state index contributed by atoms with van der Waals surface area (Å²) < 4.78 is 10.9. The van der Waals surface area contributed by atoms with Gasteiger partial charge in [0.1, 0.15) is 23.7 Å². The second kappa shape index (κ2) is 7.50. The summed E-state index contributed by atoms with van der Waals surface area (Å²) in [6.07, 6.45) is 1.52. The Kier molecular flexibility index (Phi) is 5.32. The van der Waals surface area contributed by atoms with Crippen molar-refractivity contribution in [3.63, 3.8) is 0 Å². The molecule has 1 fully saturated rings. The number of nitrogens with zero attached hydrogens (tertiary/aromatic N) is 2. The van der Waals surface area contributed by atoms with Crippen LogP contribution in [0.3, 0.4) is 0 Å². The number of benzene rings is 1. The molecule has 1 amide bonds. The summed E-state index contributed by atoms with van der Waals surface area (Å²) >= 11 is 0. The molecule has 0 bridgehead atoms. The third-order valence-electron chi connectivity index (χ3n) is 4.98. The number of amides is 1. The van der Waals surface area contributed by atoms with Gasteiger partial charge in [0.05, 0.1) is 12.2 Å². The van der Waals surface area contributed by atoms with E-state index in [1.54, 1.807) is 4.90 Å². The minimum atomic E-state index is -0.996. The van der Waals surface area contributed by atoms with Gasteiger partial charge in [-0.2, -0.15) is 0 Å². The molecule has 0 spiro atoms. The molecule has 1 aliphatic rings. The number of hydrogen-bond acceptors (Lipinski definition) is 5. The highest BCUT2D eigenvalue weighted by molar-refractivity contribution is 5.77. The van der Waals surface area contributed by atoms with Gasteiger partial charge in [0.2, 0.25) is 5.91 Å². The molecule has 6 heteroatoms. The van der Waals surface area contributed by atoms with Gasteiger partial charge < -0.3 is 19.3 Å². The zero-order valence-corrected chi connectivity index (χ0v) is 15.6. The van der Waals surface area contributed by atoms with E-state index in [0.717, 1.165) is 28.3 Å². The summed E-state index contributed by atoms with van der Waals surface area (Å²) in [5.74, 6) is 1.53. The van der Waals surface area contributed by atoms with Gasteiger partial charge in [-0.15, -0.1) is 0 Å². The number of carbonyl (C=O) groups excluding carboxylic acids is 1. The first-order chi connectivity index (χ1) is 12.4. The molecule has 1 aromatic carbocycles. The number of aromatic nitrogens is 1. The Hall–Kier alpha value is -2.34. The number of carbonyl (C=O) groups is 1.